The molecule has 1 aromatic heterocycles. The van der Waals surface area contributed by atoms with Crippen molar-refractivity contribution in [1.82, 2.24) is 0 Å². The molecule has 190 valence electrons. The highest BCUT2D eigenvalue weighted by Crippen LogP contribution is 2.49. The molecule has 0 aliphatic heterocycles. The van der Waals surface area contributed by atoms with Crippen molar-refractivity contribution in [2.75, 3.05) is 0 Å². The smallest absolute Gasteiger partial charge is 0.143 e. The summed E-state index contributed by atoms with van der Waals surface area (Å²) in [6.07, 6.45) is 0. The Hall–Kier alpha value is -5.40. The van der Waals surface area contributed by atoms with Crippen molar-refractivity contribution in [3.8, 4) is 22.3 Å². The Morgan fingerprint density at radius 1 is 0.341 bits per heavy atom. The van der Waals surface area contributed by atoms with Crippen LogP contribution in [0.2, 0.25) is 0 Å². The van der Waals surface area contributed by atoms with Crippen LogP contribution in [0.15, 0.2) is 150 Å². The molecular formula is C40H24O. The summed E-state index contributed by atoms with van der Waals surface area (Å²) < 4.78 is 6.59. The molecule has 0 atom stereocenters. The molecule has 0 radical (unpaired) electrons. The Bertz CT molecular complexity index is 2410. The van der Waals surface area contributed by atoms with Crippen molar-refractivity contribution in [2.45, 2.75) is 0 Å². The van der Waals surface area contributed by atoms with Crippen molar-refractivity contribution in [1.29, 1.82) is 0 Å². The van der Waals surface area contributed by atoms with E-state index in [2.05, 4.69) is 146 Å². The first-order valence-electron chi connectivity index (χ1n) is 14.1. The summed E-state index contributed by atoms with van der Waals surface area (Å²) in [5.41, 5.74) is 6.87. The van der Waals surface area contributed by atoms with E-state index in [4.69, 9.17) is 4.42 Å². The molecule has 0 fully saturated rings. The highest BCUT2D eigenvalue weighted by molar-refractivity contribution is 6.29. The van der Waals surface area contributed by atoms with Gasteiger partial charge in [0, 0.05) is 16.2 Å². The molecule has 0 spiro atoms. The predicted octanol–water partition coefficient (Wildman–Crippen LogP) is 11.5. The van der Waals surface area contributed by atoms with Gasteiger partial charge in [-0.3, -0.25) is 0 Å². The SMILES string of the molecule is c1ccc2c(-c3c4ccccc4c(-c4cc5ccccc5c5oc6ccccc6c45)c4ccccc34)cccc2c1. The molecule has 0 aliphatic carbocycles. The maximum Gasteiger partial charge on any atom is 0.143 e. The van der Waals surface area contributed by atoms with Crippen molar-refractivity contribution >= 4 is 65.0 Å². The minimum absolute atomic E-state index is 0.918. The molecule has 8 aromatic carbocycles. The summed E-state index contributed by atoms with van der Waals surface area (Å²) in [6, 6.07) is 52.5. The number of rotatable bonds is 2. The third kappa shape index (κ3) is 3.18. The third-order valence-corrected chi connectivity index (χ3v) is 8.63. The largest absolute Gasteiger partial charge is 0.455 e. The first-order valence-corrected chi connectivity index (χ1v) is 14.1. The minimum Gasteiger partial charge on any atom is -0.455 e. The number of fused-ring (bicyclic) bond motifs is 8. The minimum atomic E-state index is 0.918. The number of hydrogen-bond acceptors (Lipinski definition) is 1. The summed E-state index contributed by atoms with van der Waals surface area (Å²) >= 11 is 0. The average molecular weight is 521 g/mol. The molecular weight excluding hydrogens is 496 g/mol. The molecule has 41 heavy (non-hydrogen) atoms. The zero-order chi connectivity index (χ0) is 26.9. The van der Waals surface area contributed by atoms with Crippen LogP contribution < -0.4 is 0 Å². The number of benzene rings is 8. The van der Waals surface area contributed by atoms with E-state index in [9.17, 15) is 0 Å². The Balaban J connectivity index is 1.52. The van der Waals surface area contributed by atoms with E-state index < -0.39 is 0 Å². The normalized spacial score (nSPS) is 11.9. The third-order valence-electron chi connectivity index (χ3n) is 8.63. The summed E-state index contributed by atoms with van der Waals surface area (Å²) in [7, 11) is 0. The van der Waals surface area contributed by atoms with Crippen molar-refractivity contribution in [3.05, 3.63) is 146 Å². The summed E-state index contributed by atoms with van der Waals surface area (Å²) in [5, 5.41) is 12.2. The van der Waals surface area contributed by atoms with E-state index in [1.54, 1.807) is 0 Å². The van der Waals surface area contributed by atoms with Gasteiger partial charge in [0.25, 0.3) is 0 Å². The first kappa shape index (κ1) is 22.4. The van der Waals surface area contributed by atoms with Gasteiger partial charge >= 0.3 is 0 Å². The summed E-state index contributed by atoms with van der Waals surface area (Å²) in [5.74, 6) is 0. The fraction of sp³-hybridized carbons (Fsp3) is 0. The van der Waals surface area contributed by atoms with E-state index in [-0.39, 0.29) is 0 Å². The second-order valence-corrected chi connectivity index (χ2v) is 10.8. The zero-order valence-corrected chi connectivity index (χ0v) is 22.3. The lowest BCUT2D eigenvalue weighted by Crippen LogP contribution is -1.92. The molecule has 0 saturated carbocycles. The van der Waals surface area contributed by atoms with Crippen molar-refractivity contribution in [2.24, 2.45) is 0 Å². The van der Waals surface area contributed by atoms with Gasteiger partial charge in [-0.05, 0) is 72.1 Å². The van der Waals surface area contributed by atoms with E-state index in [0.29, 0.717) is 0 Å². The molecule has 9 rings (SSSR count). The fourth-order valence-corrected chi connectivity index (χ4v) is 6.91. The van der Waals surface area contributed by atoms with E-state index in [0.717, 1.165) is 21.9 Å². The molecule has 0 aliphatic rings. The van der Waals surface area contributed by atoms with E-state index in [1.165, 1.54) is 65.3 Å². The standard InChI is InChI=1S/C40H24O/c1-3-15-27-25(12-1)14-11-22-29(27)37-30-17-5-7-19-32(30)38(33-20-8-6-18-31(33)37)35-24-26-13-2-4-16-28(26)40-39(35)34-21-9-10-23-36(34)41-40/h1-24H. The lowest BCUT2D eigenvalue weighted by molar-refractivity contribution is 0.673. The van der Waals surface area contributed by atoms with Gasteiger partial charge in [-0.25, -0.2) is 0 Å². The zero-order valence-electron chi connectivity index (χ0n) is 22.3. The number of hydrogen-bond donors (Lipinski definition) is 0. The first-order chi connectivity index (χ1) is 20.4. The van der Waals surface area contributed by atoms with Crippen molar-refractivity contribution < 1.29 is 4.42 Å². The van der Waals surface area contributed by atoms with Gasteiger partial charge in [0.15, 0.2) is 0 Å². The van der Waals surface area contributed by atoms with Crippen LogP contribution in [0.5, 0.6) is 0 Å². The van der Waals surface area contributed by atoms with Crippen LogP contribution in [0.25, 0.3) is 87.3 Å². The monoisotopic (exact) mass is 520 g/mol. The van der Waals surface area contributed by atoms with Crippen LogP contribution in [0.4, 0.5) is 0 Å². The van der Waals surface area contributed by atoms with Crippen LogP contribution in [-0.2, 0) is 0 Å². The van der Waals surface area contributed by atoms with Gasteiger partial charge in [-0.1, -0.05) is 133 Å². The van der Waals surface area contributed by atoms with Gasteiger partial charge in [-0.15, -0.1) is 0 Å². The van der Waals surface area contributed by atoms with Crippen LogP contribution in [0.3, 0.4) is 0 Å². The second-order valence-electron chi connectivity index (χ2n) is 10.8. The fourth-order valence-electron chi connectivity index (χ4n) is 6.91. The van der Waals surface area contributed by atoms with Crippen LogP contribution in [0.1, 0.15) is 0 Å². The number of furan rings is 1. The topological polar surface area (TPSA) is 13.1 Å². The number of para-hydroxylation sites is 1. The molecule has 0 saturated heterocycles. The highest BCUT2D eigenvalue weighted by Gasteiger charge is 2.22. The summed E-state index contributed by atoms with van der Waals surface area (Å²) in [6.45, 7) is 0. The molecule has 9 aromatic rings. The second kappa shape index (κ2) is 8.55. The molecule has 0 unspecified atom stereocenters. The Morgan fingerprint density at radius 3 is 1.51 bits per heavy atom. The van der Waals surface area contributed by atoms with Gasteiger partial charge in [0.05, 0.1) is 0 Å². The summed E-state index contributed by atoms with van der Waals surface area (Å²) in [4.78, 5) is 0. The predicted molar refractivity (Wildman–Crippen MR) is 175 cm³/mol. The van der Waals surface area contributed by atoms with Crippen LogP contribution >= 0.6 is 0 Å². The Kier molecular flexibility index (Phi) is 4.67. The average Bonchev–Trinajstić information content (AvgIpc) is 3.43. The highest BCUT2D eigenvalue weighted by atomic mass is 16.3. The van der Waals surface area contributed by atoms with Gasteiger partial charge in [0.1, 0.15) is 11.2 Å². The van der Waals surface area contributed by atoms with Gasteiger partial charge in [0.2, 0.25) is 0 Å². The maximum atomic E-state index is 6.59. The van der Waals surface area contributed by atoms with Gasteiger partial charge in [-0.2, -0.15) is 0 Å². The van der Waals surface area contributed by atoms with Crippen molar-refractivity contribution in [3.63, 3.8) is 0 Å². The quantitative estimate of drug-likeness (QED) is 0.207. The van der Waals surface area contributed by atoms with Crippen LogP contribution in [0, 0.1) is 0 Å². The van der Waals surface area contributed by atoms with Gasteiger partial charge < -0.3 is 4.42 Å². The molecule has 1 heteroatoms. The van der Waals surface area contributed by atoms with Crippen LogP contribution in [-0.4, -0.2) is 0 Å². The lowest BCUT2D eigenvalue weighted by atomic mass is 9.83. The molecule has 0 bridgehead atoms. The Labute approximate surface area is 236 Å². The molecule has 1 heterocycles. The molecule has 1 nitrogen and oxygen atoms in total. The van der Waals surface area contributed by atoms with E-state index >= 15 is 0 Å². The molecule has 0 N–H and O–H groups in total. The Morgan fingerprint density at radius 2 is 0.829 bits per heavy atom. The lowest BCUT2D eigenvalue weighted by Gasteiger charge is -2.19. The maximum absolute atomic E-state index is 6.59. The molecule has 0 amide bonds. The van der Waals surface area contributed by atoms with E-state index in [1.807, 2.05) is 0 Å².